The molecule has 0 radical (unpaired) electrons. The lowest BCUT2D eigenvalue weighted by Gasteiger charge is -2.32. The second kappa shape index (κ2) is 25.3. The van der Waals surface area contributed by atoms with E-state index in [0.29, 0.717) is 68.6 Å². The van der Waals surface area contributed by atoms with Gasteiger partial charge in [0.25, 0.3) is 5.91 Å². The molecule has 6 N–H and O–H groups in total. The number of halogens is 3. The SMILES string of the molecule is CO[C@H]1/C=C\C=C(/C)C(=O)NC2=CC(=O)C(NCCCCCC(=O)N3CCC(n4cc(-c5cnc(N)c(OC(C)c6c(Cl)ccc(F)c6Cl)c5)cn4)CC3)=C(C[C@@H](C)C[C@H](OC)[C@H]3OC(=C[C@@H]3C)[C@@H]1OC(N)=O)C2=O. The highest BCUT2D eigenvalue weighted by Crippen LogP contribution is 2.39. The molecule has 3 aliphatic heterocycles. The minimum Gasteiger partial charge on any atom is -0.488 e. The van der Waals surface area contributed by atoms with E-state index in [0.717, 1.165) is 24.5 Å². The van der Waals surface area contributed by atoms with Crippen LogP contribution in [0.25, 0.3) is 11.1 Å². The van der Waals surface area contributed by atoms with Crippen LogP contribution in [0.3, 0.4) is 0 Å². The Balaban J connectivity index is 0.921. The monoisotopic (exact) mass is 1070 g/mol. The van der Waals surface area contributed by atoms with Crippen molar-refractivity contribution in [2.45, 2.75) is 116 Å². The Kier molecular flexibility index (Phi) is 19.0. The highest BCUT2D eigenvalue weighted by molar-refractivity contribution is 6.36. The van der Waals surface area contributed by atoms with Crippen molar-refractivity contribution in [1.29, 1.82) is 0 Å². The van der Waals surface area contributed by atoms with Crippen LogP contribution in [0.1, 0.15) is 96.8 Å². The number of aromatic nitrogens is 3. The third-order valence-corrected chi connectivity index (χ3v) is 14.6. The van der Waals surface area contributed by atoms with Crippen molar-refractivity contribution in [2.75, 3.05) is 39.6 Å². The van der Waals surface area contributed by atoms with Crippen LogP contribution in [0.5, 0.6) is 5.75 Å². The summed E-state index contributed by atoms with van der Waals surface area (Å²) in [7, 11) is 3.01. The molecule has 21 heteroatoms. The van der Waals surface area contributed by atoms with Gasteiger partial charge in [0, 0.05) is 97.5 Å². The summed E-state index contributed by atoms with van der Waals surface area (Å²) in [5.74, 6) is -1.66. The van der Waals surface area contributed by atoms with Gasteiger partial charge >= 0.3 is 6.09 Å². The van der Waals surface area contributed by atoms with E-state index in [9.17, 15) is 28.4 Å². The quantitative estimate of drug-likeness (QED) is 0.0638. The number of allylic oxidation sites excluding steroid dienone is 4. The van der Waals surface area contributed by atoms with Crippen LogP contribution < -0.4 is 26.8 Å². The zero-order valence-corrected chi connectivity index (χ0v) is 44.4. The molecule has 3 aromatic rings. The van der Waals surface area contributed by atoms with Crippen LogP contribution in [-0.4, -0.2) is 107 Å². The fourth-order valence-corrected chi connectivity index (χ4v) is 10.5. The summed E-state index contributed by atoms with van der Waals surface area (Å²) in [5.41, 5.74) is 13.9. The third-order valence-electron chi connectivity index (χ3n) is 13.9. The average Bonchev–Trinajstić information content (AvgIpc) is 4.03. The van der Waals surface area contributed by atoms with Crippen molar-refractivity contribution >= 4 is 58.5 Å². The predicted molar refractivity (Wildman–Crippen MR) is 279 cm³/mol. The van der Waals surface area contributed by atoms with Gasteiger partial charge in [-0.05, 0) is 82.6 Å². The van der Waals surface area contributed by atoms with E-state index in [2.05, 4.69) is 20.7 Å². The van der Waals surface area contributed by atoms with Crippen molar-refractivity contribution in [1.82, 2.24) is 30.3 Å². The Morgan fingerprint density at radius 3 is 2.53 bits per heavy atom. The van der Waals surface area contributed by atoms with E-state index in [1.165, 1.54) is 25.3 Å². The molecule has 1 fully saturated rings. The van der Waals surface area contributed by atoms with Gasteiger partial charge in [-0.15, -0.1) is 0 Å². The Hall–Kier alpha value is -6.54. The maximum Gasteiger partial charge on any atom is 0.405 e. The molecule has 3 amide bonds. The lowest BCUT2D eigenvalue weighted by atomic mass is 9.85. The van der Waals surface area contributed by atoms with Crippen LogP contribution >= 0.6 is 23.2 Å². The number of likely N-dealkylation sites (tertiary alicyclic amines) is 1. The number of fused-ring (bicyclic) bond motifs is 4. The molecule has 2 aromatic heterocycles. The van der Waals surface area contributed by atoms with Gasteiger partial charge in [-0.2, -0.15) is 5.10 Å². The van der Waals surface area contributed by atoms with Crippen LogP contribution in [-0.2, 0) is 38.1 Å². The van der Waals surface area contributed by atoms with E-state index in [4.69, 9.17) is 58.4 Å². The number of anilines is 1. The second-order valence-electron chi connectivity index (χ2n) is 19.4. The van der Waals surface area contributed by atoms with Crippen molar-refractivity contribution in [2.24, 2.45) is 17.6 Å². The predicted octanol–water partition coefficient (Wildman–Crippen LogP) is 8.18. The van der Waals surface area contributed by atoms with Gasteiger partial charge in [0.05, 0.1) is 34.8 Å². The number of benzene rings is 1. The smallest absolute Gasteiger partial charge is 0.405 e. The maximum atomic E-state index is 14.2. The summed E-state index contributed by atoms with van der Waals surface area (Å²) < 4.78 is 45.7. The number of carbonyl (C=O) groups is 5. The average molecular weight is 1080 g/mol. The summed E-state index contributed by atoms with van der Waals surface area (Å²) in [5, 5.41) is 10.6. The number of ketones is 2. The molecule has 402 valence electrons. The molecule has 1 aromatic carbocycles. The Morgan fingerprint density at radius 2 is 1.81 bits per heavy atom. The summed E-state index contributed by atoms with van der Waals surface area (Å²) in [4.78, 5) is 72.9. The van der Waals surface area contributed by atoms with E-state index >= 15 is 0 Å². The van der Waals surface area contributed by atoms with E-state index < -0.39 is 59.9 Å². The van der Waals surface area contributed by atoms with Crippen LogP contribution in [0.2, 0.25) is 10.0 Å². The molecular weight excluding hydrogens is 1010 g/mol. The molecule has 7 rings (SSSR count). The molecule has 0 saturated carbocycles. The number of methoxy groups -OCH3 is 2. The normalized spacial score (nSPS) is 24.4. The molecule has 5 heterocycles. The molecule has 7 atom stereocenters. The van der Waals surface area contributed by atoms with Gasteiger partial charge in [0.2, 0.25) is 17.5 Å². The Morgan fingerprint density at radius 1 is 1.05 bits per heavy atom. The first-order valence-electron chi connectivity index (χ1n) is 25.1. The number of piperidine rings is 1. The first-order valence-corrected chi connectivity index (χ1v) is 25.8. The zero-order chi connectivity index (χ0) is 54.1. The van der Waals surface area contributed by atoms with Crippen LogP contribution in [0.4, 0.5) is 15.0 Å². The Bertz CT molecular complexity index is 2800. The molecule has 0 spiro atoms. The fourth-order valence-electron chi connectivity index (χ4n) is 9.81. The number of unbranched alkanes of at least 4 members (excludes halogenated alkanes) is 2. The van der Waals surface area contributed by atoms with Crippen molar-refractivity contribution in [3.05, 3.63) is 117 Å². The van der Waals surface area contributed by atoms with Gasteiger partial charge in [-0.3, -0.25) is 23.9 Å². The molecular formula is C54H65Cl2FN8O10. The Labute approximate surface area is 445 Å². The number of primary amides is 1. The standard InChI is InChI=1S/C54H65Cl2FN8O10/c1-29-21-36-48(40(66)25-39(49(36)68)63-53(69)30(2)11-10-12-41(71-5)51(75-54(59)70)43-23-31(3)50(74-43)42(22-29)72-6)60-18-9-7-8-13-45(67)64-19-16-35(17-20-64)65-28-34(27-62-65)33-24-44(52(58)61-26-33)73-32(4)46-37(55)14-15-38(57)47(46)56/h10-12,14-15,23-29,31-32,35,41-42,50-51,60H,7-9,13,16-22H2,1-6H3,(H2,58,61)(H2,59,70)(H,63,69)/b12-10-,30-11+/t29-,31+,32?,41+,42+,50+,51-/m1/s1. The number of ether oxygens (including phenoxy) is 5. The summed E-state index contributed by atoms with van der Waals surface area (Å²) in [6.07, 6.45) is 12.7. The lowest BCUT2D eigenvalue weighted by molar-refractivity contribution is -0.132. The van der Waals surface area contributed by atoms with Crippen molar-refractivity contribution < 1.29 is 52.0 Å². The fraction of sp³-hybridized carbons (Fsp3) is 0.463. The van der Waals surface area contributed by atoms with E-state index in [-0.39, 0.29) is 74.4 Å². The minimum absolute atomic E-state index is 0.0693. The number of nitrogen functional groups attached to an aromatic ring is 1. The number of nitrogens with one attached hydrogen (secondary N) is 2. The van der Waals surface area contributed by atoms with Crippen LogP contribution in [0, 0.1) is 17.7 Å². The minimum atomic E-state index is -1.02. The van der Waals surface area contributed by atoms with Crippen molar-refractivity contribution in [3.63, 3.8) is 0 Å². The first kappa shape index (κ1) is 56.2. The number of carbonyl (C=O) groups excluding carboxylic acids is 5. The summed E-state index contributed by atoms with van der Waals surface area (Å²) in [6, 6.07) is 4.42. The van der Waals surface area contributed by atoms with E-state index in [1.54, 1.807) is 51.6 Å². The number of pyridine rings is 1. The summed E-state index contributed by atoms with van der Waals surface area (Å²) >= 11 is 12.5. The molecule has 18 nitrogen and oxygen atoms in total. The molecule has 1 aliphatic carbocycles. The number of amides is 3. The van der Waals surface area contributed by atoms with Gasteiger partial charge in [0.1, 0.15) is 29.9 Å². The van der Waals surface area contributed by atoms with Gasteiger partial charge < -0.3 is 50.7 Å². The number of rotatable bonds is 15. The van der Waals surface area contributed by atoms with Gasteiger partial charge in [-0.25, -0.2) is 14.2 Å². The highest BCUT2D eigenvalue weighted by Gasteiger charge is 2.41. The number of nitrogens with two attached hydrogens (primary N) is 2. The zero-order valence-electron chi connectivity index (χ0n) is 42.9. The molecule has 1 unspecified atom stereocenters. The lowest BCUT2D eigenvalue weighted by Crippen LogP contribution is -2.39. The number of hydrogen-bond donors (Lipinski definition) is 4. The van der Waals surface area contributed by atoms with Gasteiger partial charge in [0.15, 0.2) is 17.7 Å². The van der Waals surface area contributed by atoms with Crippen LogP contribution in [0.15, 0.2) is 95.5 Å². The number of nitrogens with zero attached hydrogens (tertiary/aromatic N) is 4. The van der Waals surface area contributed by atoms with Gasteiger partial charge in [-0.1, -0.05) is 61.7 Å². The molecule has 1 saturated heterocycles. The van der Waals surface area contributed by atoms with E-state index in [1.807, 2.05) is 35.7 Å². The van der Waals surface area contributed by atoms with Crippen molar-refractivity contribution in [3.8, 4) is 16.9 Å². The third kappa shape index (κ3) is 13.7. The second-order valence-corrected chi connectivity index (χ2v) is 20.1. The first-order chi connectivity index (χ1) is 35.9. The maximum absolute atomic E-state index is 14.2. The highest BCUT2D eigenvalue weighted by atomic mass is 35.5. The number of Topliss-reactive ketones (excluding diaryl/α,β-unsaturated/α-hetero) is 1. The molecule has 4 bridgehead atoms. The summed E-state index contributed by atoms with van der Waals surface area (Å²) in [6.45, 7) is 8.68. The molecule has 75 heavy (non-hydrogen) atoms. The topological polar surface area (TPSA) is 242 Å². The largest absolute Gasteiger partial charge is 0.488 e. The number of hydrogen-bond acceptors (Lipinski definition) is 14. The molecule has 4 aliphatic rings.